The molecular formula is C45H24Cl4F4N4. The fourth-order valence-corrected chi connectivity index (χ4v) is 8.39. The molecule has 9 rings (SSSR count). The summed E-state index contributed by atoms with van der Waals surface area (Å²) in [5, 5.41) is 0.597. The summed E-state index contributed by atoms with van der Waals surface area (Å²) in [5.74, 6) is -2.30. The molecule has 3 aromatic carbocycles. The van der Waals surface area contributed by atoms with Gasteiger partial charge in [0.1, 0.15) is 23.3 Å². The minimum absolute atomic E-state index is 0.0493. The molecule has 0 saturated carbocycles. The Bertz CT molecular complexity index is 2930. The minimum atomic E-state index is -0.623. The molecule has 2 N–H and O–H groups in total. The summed E-state index contributed by atoms with van der Waals surface area (Å²) in [6.45, 7) is 0. The van der Waals surface area contributed by atoms with Crippen molar-refractivity contribution in [2.24, 2.45) is 0 Å². The average Bonchev–Trinajstić information content (AvgIpc) is 4.01. The van der Waals surface area contributed by atoms with Crippen LogP contribution in [0.25, 0.3) is 85.3 Å². The van der Waals surface area contributed by atoms with Gasteiger partial charge in [0.25, 0.3) is 0 Å². The van der Waals surface area contributed by atoms with Crippen LogP contribution in [0.3, 0.4) is 0 Å². The zero-order chi connectivity index (χ0) is 39.5. The molecule has 0 spiro atoms. The molecule has 0 unspecified atom stereocenters. The normalized spacial score (nSPS) is 13.7. The lowest BCUT2D eigenvalue weighted by molar-refractivity contribution is 0.622. The molecule has 4 nitrogen and oxygen atoms in total. The van der Waals surface area contributed by atoms with Crippen molar-refractivity contribution < 1.29 is 17.6 Å². The van der Waals surface area contributed by atoms with Crippen molar-refractivity contribution in [2.75, 3.05) is 0 Å². The fraction of sp³-hybridized carbons (Fsp3) is 0.0222. The van der Waals surface area contributed by atoms with Crippen molar-refractivity contribution in [3.8, 4) is 33.4 Å². The summed E-state index contributed by atoms with van der Waals surface area (Å²) in [6.07, 6.45) is 11.0. The van der Waals surface area contributed by atoms with Gasteiger partial charge in [-0.25, -0.2) is 27.5 Å². The third-order valence-electron chi connectivity index (χ3n) is 9.85. The maximum Gasteiger partial charge on any atom is 0.132 e. The molecule has 8 bridgehead atoms. The van der Waals surface area contributed by atoms with Crippen molar-refractivity contribution in [3.05, 3.63) is 169 Å². The first-order valence-corrected chi connectivity index (χ1v) is 19.0. The van der Waals surface area contributed by atoms with Gasteiger partial charge < -0.3 is 9.97 Å². The number of H-pyrrole nitrogens is 2. The van der Waals surface area contributed by atoms with Crippen LogP contribution in [-0.4, -0.2) is 19.9 Å². The van der Waals surface area contributed by atoms with Crippen molar-refractivity contribution in [3.63, 3.8) is 0 Å². The van der Waals surface area contributed by atoms with Gasteiger partial charge in [-0.15, -0.1) is 0 Å². The van der Waals surface area contributed by atoms with Crippen LogP contribution in [0.1, 0.15) is 34.8 Å². The monoisotopic (exact) mass is 836 g/mol. The Morgan fingerprint density at radius 1 is 0.439 bits per heavy atom. The predicted molar refractivity (Wildman–Crippen MR) is 226 cm³/mol. The molecule has 3 aliphatic rings. The van der Waals surface area contributed by atoms with E-state index in [9.17, 15) is 0 Å². The first-order valence-electron chi connectivity index (χ1n) is 17.5. The second-order valence-corrected chi connectivity index (χ2v) is 14.9. The number of benzene rings is 3. The summed E-state index contributed by atoms with van der Waals surface area (Å²) >= 11 is 27.1. The van der Waals surface area contributed by atoms with Gasteiger partial charge in [-0.3, -0.25) is 0 Å². The highest BCUT2D eigenvalue weighted by Crippen LogP contribution is 2.44. The summed E-state index contributed by atoms with van der Waals surface area (Å²) < 4.78 is 63.2. The van der Waals surface area contributed by atoms with Gasteiger partial charge in [0.05, 0.1) is 37.8 Å². The molecule has 1 aliphatic carbocycles. The summed E-state index contributed by atoms with van der Waals surface area (Å²) in [7, 11) is 0. The molecule has 0 atom stereocenters. The molecule has 57 heavy (non-hydrogen) atoms. The van der Waals surface area contributed by atoms with Crippen LogP contribution in [-0.2, 0) is 0 Å². The van der Waals surface area contributed by atoms with Gasteiger partial charge in [0, 0.05) is 72.5 Å². The van der Waals surface area contributed by atoms with Gasteiger partial charge in [-0.1, -0.05) is 70.7 Å². The number of allylic oxidation sites excluding steroid dienone is 6. The molecule has 0 saturated heterocycles. The molecule has 12 heteroatoms. The smallest absolute Gasteiger partial charge is 0.132 e. The topological polar surface area (TPSA) is 57.4 Å². The lowest BCUT2D eigenvalue weighted by Gasteiger charge is -2.11. The van der Waals surface area contributed by atoms with Crippen LogP contribution in [0.5, 0.6) is 0 Å². The predicted octanol–water partition coefficient (Wildman–Crippen LogP) is 14.8. The molecule has 0 radical (unpaired) electrons. The number of rotatable bonds is 4. The second kappa shape index (κ2) is 14.7. The van der Waals surface area contributed by atoms with E-state index in [1.165, 1.54) is 48.6 Å². The van der Waals surface area contributed by atoms with E-state index in [0.717, 1.165) is 0 Å². The lowest BCUT2D eigenvalue weighted by Crippen LogP contribution is -1.95. The maximum absolute atomic E-state index is 16.0. The van der Waals surface area contributed by atoms with Gasteiger partial charge in [-0.05, 0) is 103 Å². The Hall–Kier alpha value is -5.64. The molecule has 3 aromatic heterocycles. The quantitative estimate of drug-likeness (QED) is 0.174. The summed E-state index contributed by atoms with van der Waals surface area (Å²) in [6, 6.07) is 19.9. The van der Waals surface area contributed by atoms with E-state index in [1.807, 2.05) is 0 Å². The van der Waals surface area contributed by atoms with Crippen LogP contribution in [0, 0.1) is 17.5 Å². The first-order chi connectivity index (χ1) is 27.6. The Morgan fingerprint density at radius 3 is 1.19 bits per heavy atom. The van der Waals surface area contributed by atoms with E-state index >= 15 is 17.6 Å². The van der Waals surface area contributed by atoms with Crippen LogP contribution in [0.15, 0.2) is 108 Å². The summed E-state index contributed by atoms with van der Waals surface area (Å²) in [4.78, 5) is 16.8. The van der Waals surface area contributed by atoms with Gasteiger partial charge in [-0.2, -0.15) is 0 Å². The number of hydrogen-bond donors (Lipinski definition) is 2. The summed E-state index contributed by atoms with van der Waals surface area (Å²) in [5.41, 5.74) is 4.72. The lowest BCUT2D eigenvalue weighted by atomic mass is 10.00. The third kappa shape index (κ3) is 6.52. The standard InChI is InChI=1S/C45H24Cl4F4N4/c46-24-6-1-5-22(50)21-23(24)39-31-13-15-33(54-31)43(40-25(47)7-2-10-28(40)51)35-17-19-37(56-35)45(42-27(49)9-4-12-30(42)53)38-20-18-36(57-38)44(34-16-14-32(39)55-34)41-26(48)8-3-11-29(41)52/h1-20,54,57H,21H2. The molecule has 0 fully saturated rings. The second-order valence-electron chi connectivity index (χ2n) is 13.3. The number of fused-ring (bicyclic) bond motifs is 8. The Labute approximate surface area is 342 Å². The number of hydrogen-bond acceptors (Lipinski definition) is 2. The molecule has 280 valence electrons. The van der Waals surface area contributed by atoms with E-state index in [0.29, 0.717) is 61.4 Å². The molecule has 2 aliphatic heterocycles. The Balaban J connectivity index is 1.53. The van der Waals surface area contributed by atoms with E-state index < -0.39 is 23.3 Å². The van der Waals surface area contributed by atoms with Crippen molar-refractivity contribution in [1.82, 2.24) is 19.9 Å². The van der Waals surface area contributed by atoms with Gasteiger partial charge >= 0.3 is 0 Å². The molecular weight excluding hydrogens is 814 g/mol. The third-order valence-corrected chi connectivity index (χ3v) is 11.1. The maximum atomic E-state index is 16.0. The zero-order valence-corrected chi connectivity index (χ0v) is 32.2. The fourth-order valence-electron chi connectivity index (χ4n) is 7.38. The average molecular weight is 839 g/mol. The Kier molecular flexibility index (Phi) is 9.53. The Morgan fingerprint density at radius 2 is 0.807 bits per heavy atom. The molecule has 0 amide bonds. The zero-order valence-electron chi connectivity index (χ0n) is 29.2. The van der Waals surface area contributed by atoms with Gasteiger partial charge in [0.2, 0.25) is 0 Å². The number of aromatic nitrogens is 4. The van der Waals surface area contributed by atoms with Crippen molar-refractivity contribution in [2.45, 2.75) is 6.42 Å². The molecule has 6 aromatic rings. The van der Waals surface area contributed by atoms with E-state index in [4.69, 9.17) is 56.4 Å². The molecule has 5 heterocycles. The van der Waals surface area contributed by atoms with E-state index in [-0.39, 0.29) is 54.5 Å². The van der Waals surface area contributed by atoms with E-state index in [1.54, 1.807) is 72.8 Å². The van der Waals surface area contributed by atoms with Crippen LogP contribution in [0.2, 0.25) is 15.1 Å². The van der Waals surface area contributed by atoms with Crippen LogP contribution >= 0.6 is 46.4 Å². The van der Waals surface area contributed by atoms with Crippen molar-refractivity contribution in [1.29, 1.82) is 0 Å². The highest BCUT2D eigenvalue weighted by molar-refractivity contribution is 6.35. The SMILES string of the molecule is FC1=CC=CC(Cl)=C(c2c3nc(c(-c4c(F)cccc4Cl)c4ccc([nH]4)c(-c4c(F)cccc4Cl)c4nc(c(-c5c(F)cccc5Cl)c5ccc2[nH]5)C=C4)C=C3)C1. The highest BCUT2D eigenvalue weighted by atomic mass is 35.5. The number of aromatic amines is 2. The van der Waals surface area contributed by atoms with Gasteiger partial charge in [0.15, 0.2) is 0 Å². The van der Waals surface area contributed by atoms with Crippen molar-refractivity contribution >= 4 is 98.3 Å². The largest absolute Gasteiger partial charge is 0.354 e. The van der Waals surface area contributed by atoms with E-state index in [2.05, 4.69) is 9.97 Å². The number of nitrogens with zero attached hydrogens (tertiary/aromatic N) is 2. The number of nitrogens with one attached hydrogen (secondary N) is 2. The first kappa shape index (κ1) is 37.0. The highest BCUT2D eigenvalue weighted by Gasteiger charge is 2.25. The van der Waals surface area contributed by atoms with Crippen LogP contribution < -0.4 is 0 Å². The van der Waals surface area contributed by atoms with Crippen LogP contribution in [0.4, 0.5) is 17.6 Å². The minimum Gasteiger partial charge on any atom is -0.354 e. The number of halogens is 8.